The third kappa shape index (κ3) is 2.64. The first-order valence-electron chi connectivity index (χ1n) is 5.89. The molecule has 0 aliphatic carbocycles. The van der Waals surface area contributed by atoms with E-state index in [2.05, 4.69) is 11.0 Å². The summed E-state index contributed by atoms with van der Waals surface area (Å²) in [6.45, 7) is 3.31. The summed E-state index contributed by atoms with van der Waals surface area (Å²) in [5.41, 5.74) is 0.370. The van der Waals surface area contributed by atoms with Crippen molar-refractivity contribution in [3.05, 3.63) is 34.6 Å². The monoisotopic (exact) mass is 267 g/mol. The Morgan fingerprint density at radius 1 is 1.33 bits per heavy atom. The first kappa shape index (κ1) is 13.3. The maximum absolute atomic E-state index is 14.0. The van der Waals surface area contributed by atoms with Crippen molar-refractivity contribution in [2.45, 2.75) is 6.04 Å². The molecule has 0 saturated carbocycles. The summed E-state index contributed by atoms with van der Waals surface area (Å²) in [5.74, 6) is -0.482. The highest BCUT2D eigenvalue weighted by molar-refractivity contribution is 6.30. The van der Waals surface area contributed by atoms with Gasteiger partial charge in [0.15, 0.2) is 0 Å². The molecule has 1 aliphatic heterocycles. The fraction of sp³-hybridized carbons (Fsp3) is 0.462. The molecule has 18 heavy (non-hydrogen) atoms. The van der Waals surface area contributed by atoms with Gasteiger partial charge in [-0.25, -0.2) is 4.39 Å². The average Bonchev–Trinajstić information content (AvgIpc) is 2.37. The fourth-order valence-corrected chi connectivity index (χ4v) is 2.34. The molecule has 2 rings (SSSR count). The van der Waals surface area contributed by atoms with E-state index in [9.17, 15) is 9.65 Å². The molecule has 1 fully saturated rings. The van der Waals surface area contributed by atoms with E-state index in [-0.39, 0.29) is 5.02 Å². The lowest BCUT2D eigenvalue weighted by molar-refractivity contribution is 0.131. The molecule has 1 heterocycles. The molecular weight excluding hydrogens is 253 g/mol. The minimum absolute atomic E-state index is 0.0712. The number of piperazine rings is 1. The SMILES string of the molecule is CN1CCN(C(C#N)c2cccc(Cl)c2F)CC1. The van der Waals surface area contributed by atoms with Gasteiger partial charge in [-0.15, -0.1) is 0 Å². The van der Waals surface area contributed by atoms with Gasteiger partial charge in [0.1, 0.15) is 11.9 Å². The minimum atomic E-state index is -0.558. The van der Waals surface area contributed by atoms with Crippen LogP contribution in [0.5, 0.6) is 0 Å². The van der Waals surface area contributed by atoms with E-state index in [1.807, 2.05) is 11.9 Å². The van der Waals surface area contributed by atoms with Crippen molar-refractivity contribution in [3.8, 4) is 6.07 Å². The zero-order valence-corrected chi connectivity index (χ0v) is 11.0. The van der Waals surface area contributed by atoms with Gasteiger partial charge in [-0.2, -0.15) is 5.26 Å². The first-order chi connectivity index (χ1) is 8.63. The predicted octanol–water partition coefficient (Wildman–Crippen LogP) is 2.29. The predicted molar refractivity (Wildman–Crippen MR) is 68.8 cm³/mol. The third-order valence-corrected chi connectivity index (χ3v) is 3.59. The van der Waals surface area contributed by atoms with E-state index in [1.165, 1.54) is 6.07 Å². The summed E-state index contributed by atoms with van der Waals surface area (Å²) in [5, 5.41) is 9.37. The lowest BCUT2D eigenvalue weighted by atomic mass is 10.0. The Bertz CT molecular complexity index is 464. The summed E-state index contributed by atoms with van der Waals surface area (Å²) in [6.07, 6.45) is 0. The zero-order chi connectivity index (χ0) is 13.1. The van der Waals surface area contributed by atoms with Crippen LogP contribution in [0.2, 0.25) is 5.02 Å². The van der Waals surface area contributed by atoms with E-state index < -0.39 is 11.9 Å². The zero-order valence-electron chi connectivity index (χ0n) is 10.2. The molecule has 0 spiro atoms. The van der Waals surface area contributed by atoms with E-state index in [1.54, 1.807) is 12.1 Å². The number of rotatable bonds is 2. The molecule has 0 bridgehead atoms. The molecule has 5 heteroatoms. The largest absolute Gasteiger partial charge is 0.304 e. The molecule has 1 saturated heterocycles. The Morgan fingerprint density at radius 3 is 2.61 bits per heavy atom. The quantitative estimate of drug-likeness (QED) is 0.824. The Hall–Kier alpha value is -1.15. The smallest absolute Gasteiger partial charge is 0.147 e. The van der Waals surface area contributed by atoms with Crippen LogP contribution in [0.3, 0.4) is 0 Å². The van der Waals surface area contributed by atoms with E-state index in [0.717, 1.165) is 26.2 Å². The summed E-state index contributed by atoms with van der Waals surface area (Å²) in [7, 11) is 2.04. The van der Waals surface area contributed by atoms with Crippen molar-refractivity contribution in [2.75, 3.05) is 33.2 Å². The highest BCUT2D eigenvalue weighted by Crippen LogP contribution is 2.27. The van der Waals surface area contributed by atoms with Gasteiger partial charge in [-0.1, -0.05) is 23.7 Å². The van der Waals surface area contributed by atoms with Crippen molar-refractivity contribution in [2.24, 2.45) is 0 Å². The van der Waals surface area contributed by atoms with Gasteiger partial charge in [0.25, 0.3) is 0 Å². The summed E-state index contributed by atoms with van der Waals surface area (Å²) < 4.78 is 14.0. The summed E-state index contributed by atoms with van der Waals surface area (Å²) >= 11 is 5.77. The molecule has 1 atom stereocenters. The molecule has 0 radical (unpaired) electrons. The average molecular weight is 268 g/mol. The molecule has 1 aromatic rings. The highest BCUT2D eigenvalue weighted by atomic mass is 35.5. The van der Waals surface area contributed by atoms with E-state index in [4.69, 9.17) is 11.6 Å². The van der Waals surface area contributed by atoms with Crippen LogP contribution >= 0.6 is 11.6 Å². The Kier molecular flexibility index (Phi) is 4.18. The number of nitrogens with zero attached hydrogens (tertiary/aromatic N) is 3. The Labute approximate surface area is 111 Å². The topological polar surface area (TPSA) is 30.3 Å². The van der Waals surface area contributed by atoms with Gasteiger partial charge in [0.2, 0.25) is 0 Å². The van der Waals surface area contributed by atoms with Gasteiger partial charge >= 0.3 is 0 Å². The van der Waals surface area contributed by atoms with Gasteiger partial charge in [0.05, 0.1) is 11.1 Å². The Balaban J connectivity index is 2.24. The van der Waals surface area contributed by atoms with Gasteiger partial charge in [-0.3, -0.25) is 4.90 Å². The van der Waals surface area contributed by atoms with E-state index >= 15 is 0 Å². The third-order valence-electron chi connectivity index (χ3n) is 3.30. The van der Waals surface area contributed by atoms with Crippen LogP contribution in [0.1, 0.15) is 11.6 Å². The number of benzene rings is 1. The molecule has 0 N–H and O–H groups in total. The van der Waals surface area contributed by atoms with Crippen LogP contribution in [-0.4, -0.2) is 43.0 Å². The van der Waals surface area contributed by atoms with Gasteiger partial charge in [-0.05, 0) is 13.1 Å². The molecule has 1 unspecified atom stereocenters. The minimum Gasteiger partial charge on any atom is -0.304 e. The summed E-state index contributed by atoms with van der Waals surface area (Å²) in [6, 6.07) is 6.43. The molecule has 3 nitrogen and oxygen atoms in total. The number of hydrogen-bond donors (Lipinski definition) is 0. The number of nitriles is 1. The number of hydrogen-bond acceptors (Lipinski definition) is 3. The lowest BCUT2D eigenvalue weighted by Gasteiger charge is -2.35. The molecule has 1 aliphatic rings. The highest BCUT2D eigenvalue weighted by Gasteiger charge is 2.26. The van der Waals surface area contributed by atoms with Crippen molar-refractivity contribution in [1.82, 2.24) is 9.80 Å². The molecule has 0 amide bonds. The normalized spacial score (nSPS) is 19.4. The second-order valence-electron chi connectivity index (χ2n) is 4.51. The number of halogens is 2. The summed E-state index contributed by atoms with van der Waals surface area (Å²) in [4.78, 5) is 4.19. The Morgan fingerprint density at radius 2 is 2.00 bits per heavy atom. The maximum Gasteiger partial charge on any atom is 0.147 e. The second kappa shape index (κ2) is 5.66. The number of likely N-dealkylation sites (N-methyl/N-ethyl adjacent to an activating group) is 1. The fourth-order valence-electron chi connectivity index (χ4n) is 2.16. The standard InChI is InChI=1S/C13H15ClFN3/c1-17-5-7-18(8-6-17)12(9-16)10-3-2-4-11(14)13(10)15/h2-4,12H,5-8H2,1H3. The van der Waals surface area contributed by atoms with Crippen LogP contribution in [0.15, 0.2) is 18.2 Å². The lowest BCUT2D eigenvalue weighted by Crippen LogP contribution is -2.45. The van der Waals surface area contributed by atoms with Crippen molar-refractivity contribution in [1.29, 1.82) is 5.26 Å². The van der Waals surface area contributed by atoms with Crippen LogP contribution in [0, 0.1) is 17.1 Å². The molecular formula is C13H15ClFN3. The van der Waals surface area contributed by atoms with Crippen LogP contribution in [-0.2, 0) is 0 Å². The van der Waals surface area contributed by atoms with Crippen LogP contribution < -0.4 is 0 Å². The molecule has 96 valence electrons. The molecule has 0 aromatic heterocycles. The van der Waals surface area contributed by atoms with Crippen LogP contribution in [0.25, 0.3) is 0 Å². The second-order valence-corrected chi connectivity index (χ2v) is 4.92. The van der Waals surface area contributed by atoms with Crippen molar-refractivity contribution < 1.29 is 4.39 Å². The maximum atomic E-state index is 14.0. The molecule has 1 aromatic carbocycles. The first-order valence-corrected chi connectivity index (χ1v) is 6.27. The van der Waals surface area contributed by atoms with Gasteiger partial charge in [0, 0.05) is 31.7 Å². The van der Waals surface area contributed by atoms with Gasteiger partial charge < -0.3 is 4.90 Å². The van der Waals surface area contributed by atoms with E-state index in [0.29, 0.717) is 5.56 Å². The van der Waals surface area contributed by atoms with Crippen molar-refractivity contribution in [3.63, 3.8) is 0 Å². The van der Waals surface area contributed by atoms with Crippen molar-refractivity contribution >= 4 is 11.6 Å². The van der Waals surface area contributed by atoms with Crippen LogP contribution in [0.4, 0.5) is 4.39 Å².